The summed E-state index contributed by atoms with van der Waals surface area (Å²) in [5.41, 5.74) is 3.61. The number of carboxylic acid groups (broad SMARTS) is 1. The molecule has 0 aliphatic carbocycles. The topological polar surface area (TPSA) is 40.5 Å². The summed E-state index contributed by atoms with van der Waals surface area (Å²) >= 11 is 0. The van der Waals surface area contributed by atoms with Crippen LogP contribution in [0.25, 0.3) is 0 Å². The first-order valence-corrected chi connectivity index (χ1v) is 8.19. The number of carbonyl (C=O) groups is 1. The molecule has 2 aromatic rings. The lowest BCUT2D eigenvalue weighted by Crippen LogP contribution is -2.42. The van der Waals surface area contributed by atoms with Crippen LogP contribution in [0.1, 0.15) is 29.0 Å². The van der Waals surface area contributed by atoms with Gasteiger partial charge in [0.15, 0.2) is 0 Å². The van der Waals surface area contributed by atoms with Crippen molar-refractivity contribution in [2.75, 3.05) is 13.1 Å². The Morgan fingerprint density at radius 2 is 1.83 bits per heavy atom. The van der Waals surface area contributed by atoms with Crippen LogP contribution in [0.3, 0.4) is 0 Å². The summed E-state index contributed by atoms with van der Waals surface area (Å²) < 4.78 is 0. The highest BCUT2D eigenvalue weighted by Crippen LogP contribution is 2.34. The molecule has 0 spiro atoms. The molecule has 2 unspecified atom stereocenters. The Hall–Kier alpha value is -2.13. The van der Waals surface area contributed by atoms with Gasteiger partial charge in [-0.15, -0.1) is 0 Å². The van der Waals surface area contributed by atoms with Gasteiger partial charge in [-0.3, -0.25) is 9.69 Å². The Morgan fingerprint density at radius 1 is 1.13 bits per heavy atom. The molecular formula is C20H23NO2. The van der Waals surface area contributed by atoms with Gasteiger partial charge < -0.3 is 5.11 Å². The third kappa shape index (κ3) is 3.80. The lowest BCUT2D eigenvalue weighted by molar-refractivity contribution is -0.144. The van der Waals surface area contributed by atoms with E-state index >= 15 is 0 Å². The van der Waals surface area contributed by atoms with E-state index < -0.39 is 5.97 Å². The van der Waals surface area contributed by atoms with Gasteiger partial charge in [-0.1, -0.05) is 60.2 Å². The van der Waals surface area contributed by atoms with E-state index in [1.807, 2.05) is 18.2 Å². The fourth-order valence-corrected chi connectivity index (χ4v) is 3.47. The van der Waals surface area contributed by atoms with E-state index in [4.69, 9.17) is 0 Å². The molecular weight excluding hydrogens is 286 g/mol. The molecule has 1 heterocycles. The second kappa shape index (κ2) is 6.97. The number of hydrogen-bond donors (Lipinski definition) is 1. The number of aliphatic carboxylic acids is 1. The van der Waals surface area contributed by atoms with E-state index in [0.717, 1.165) is 25.1 Å². The second-order valence-corrected chi connectivity index (χ2v) is 6.47. The average molecular weight is 309 g/mol. The van der Waals surface area contributed by atoms with Gasteiger partial charge in [-0.05, 0) is 36.9 Å². The summed E-state index contributed by atoms with van der Waals surface area (Å²) in [4.78, 5) is 14.0. The quantitative estimate of drug-likeness (QED) is 0.936. The Morgan fingerprint density at radius 3 is 2.48 bits per heavy atom. The Kier molecular flexibility index (Phi) is 4.77. The Bertz CT molecular complexity index is 651. The third-order valence-corrected chi connectivity index (χ3v) is 4.77. The van der Waals surface area contributed by atoms with Gasteiger partial charge in [0.25, 0.3) is 0 Å². The number of benzene rings is 2. The lowest BCUT2D eigenvalue weighted by atomic mass is 9.80. The van der Waals surface area contributed by atoms with Crippen molar-refractivity contribution in [1.82, 2.24) is 4.90 Å². The van der Waals surface area contributed by atoms with Gasteiger partial charge in [-0.25, -0.2) is 0 Å². The molecule has 0 bridgehead atoms. The van der Waals surface area contributed by atoms with E-state index in [-0.39, 0.29) is 11.8 Å². The molecule has 0 saturated carbocycles. The van der Waals surface area contributed by atoms with Crippen LogP contribution in [0, 0.1) is 12.8 Å². The predicted molar refractivity (Wildman–Crippen MR) is 91.4 cm³/mol. The van der Waals surface area contributed by atoms with Gasteiger partial charge in [-0.2, -0.15) is 0 Å². The van der Waals surface area contributed by atoms with E-state index in [2.05, 4.69) is 48.2 Å². The Balaban J connectivity index is 1.73. The van der Waals surface area contributed by atoms with Gasteiger partial charge in [0.2, 0.25) is 0 Å². The van der Waals surface area contributed by atoms with Crippen LogP contribution in [0.2, 0.25) is 0 Å². The highest BCUT2D eigenvalue weighted by atomic mass is 16.4. The summed E-state index contributed by atoms with van der Waals surface area (Å²) in [6.45, 7) is 4.44. The normalized spacial score (nSPS) is 22.0. The molecule has 0 aromatic heterocycles. The van der Waals surface area contributed by atoms with Crippen molar-refractivity contribution in [1.29, 1.82) is 0 Å². The molecule has 3 rings (SSSR count). The predicted octanol–water partition coefficient (Wildman–Crippen LogP) is 3.69. The smallest absolute Gasteiger partial charge is 0.308 e. The van der Waals surface area contributed by atoms with Gasteiger partial charge in [0.05, 0.1) is 5.92 Å². The van der Waals surface area contributed by atoms with Crippen LogP contribution in [0.5, 0.6) is 0 Å². The maximum absolute atomic E-state index is 11.8. The van der Waals surface area contributed by atoms with Gasteiger partial charge in [0, 0.05) is 13.1 Å². The molecule has 2 aromatic carbocycles. The second-order valence-electron chi connectivity index (χ2n) is 6.47. The largest absolute Gasteiger partial charge is 0.481 e. The first kappa shape index (κ1) is 15.8. The summed E-state index contributed by atoms with van der Waals surface area (Å²) in [5, 5.41) is 9.68. The number of likely N-dealkylation sites (tertiary alicyclic amines) is 1. The maximum atomic E-state index is 11.8. The first-order chi connectivity index (χ1) is 11.1. The van der Waals surface area contributed by atoms with Crippen molar-refractivity contribution in [3.05, 3.63) is 71.3 Å². The molecule has 3 heteroatoms. The number of hydrogen-bond acceptors (Lipinski definition) is 2. The number of piperidine rings is 1. The molecule has 1 N–H and O–H groups in total. The molecule has 1 fully saturated rings. The van der Waals surface area contributed by atoms with E-state index in [1.165, 1.54) is 11.1 Å². The van der Waals surface area contributed by atoms with Crippen molar-refractivity contribution >= 4 is 5.97 Å². The third-order valence-electron chi connectivity index (χ3n) is 4.77. The zero-order valence-electron chi connectivity index (χ0n) is 13.5. The number of nitrogens with zero attached hydrogens (tertiary/aromatic N) is 1. The van der Waals surface area contributed by atoms with Crippen molar-refractivity contribution in [3.8, 4) is 0 Å². The molecule has 23 heavy (non-hydrogen) atoms. The molecule has 1 aliphatic rings. The monoisotopic (exact) mass is 309 g/mol. The molecule has 0 amide bonds. The first-order valence-electron chi connectivity index (χ1n) is 8.19. The van der Waals surface area contributed by atoms with Crippen LogP contribution in [-0.2, 0) is 11.3 Å². The molecule has 3 nitrogen and oxygen atoms in total. The highest BCUT2D eigenvalue weighted by Gasteiger charge is 2.35. The zero-order valence-corrected chi connectivity index (χ0v) is 13.5. The minimum Gasteiger partial charge on any atom is -0.481 e. The highest BCUT2D eigenvalue weighted by molar-refractivity contribution is 5.72. The fourth-order valence-electron chi connectivity index (χ4n) is 3.47. The summed E-state index contributed by atoms with van der Waals surface area (Å²) in [5.74, 6) is -0.913. The summed E-state index contributed by atoms with van der Waals surface area (Å²) in [7, 11) is 0. The molecule has 120 valence electrons. The number of aryl methyl sites for hydroxylation is 1. The van der Waals surface area contributed by atoms with Crippen LogP contribution < -0.4 is 0 Å². The van der Waals surface area contributed by atoms with Crippen molar-refractivity contribution in [2.24, 2.45) is 5.92 Å². The van der Waals surface area contributed by atoms with Crippen LogP contribution in [0.4, 0.5) is 0 Å². The van der Waals surface area contributed by atoms with Crippen molar-refractivity contribution in [3.63, 3.8) is 0 Å². The summed E-state index contributed by atoms with van der Waals surface area (Å²) in [6, 6.07) is 18.6. The number of carboxylic acids is 1. The van der Waals surface area contributed by atoms with Crippen LogP contribution in [0.15, 0.2) is 54.6 Å². The van der Waals surface area contributed by atoms with Gasteiger partial charge >= 0.3 is 5.97 Å². The molecule has 1 saturated heterocycles. The molecule has 0 radical (unpaired) electrons. The summed E-state index contributed by atoms with van der Waals surface area (Å²) in [6.07, 6.45) is 0.896. The minimum absolute atomic E-state index is 0.111. The minimum atomic E-state index is -0.687. The standard InChI is InChI=1S/C20H23NO2/c1-15-7-9-17(10-8-15)18-11-12-21(14-19(18)20(22)23)13-16-5-3-2-4-6-16/h2-10,18-19H,11-14H2,1H3,(H,22,23). The van der Waals surface area contributed by atoms with Crippen LogP contribution in [-0.4, -0.2) is 29.1 Å². The average Bonchev–Trinajstić information content (AvgIpc) is 2.56. The van der Waals surface area contributed by atoms with Gasteiger partial charge in [0.1, 0.15) is 0 Å². The Labute approximate surface area is 137 Å². The SMILES string of the molecule is Cc1ccc(C2CCN(Cc3ccccc3)CC2C(=O)O)cc1. The van der Waals surface area contributed by atoms with Crippen molar-refractivity contribution in [2.45, 2.75) is 25.8 Å². The van der Waals surface area contributed by atoms with Crippen LogP contribution >= 0.6 is 0 Å². The van der Waals surface area contributed by atoms with Crippen molar-refractivity contribution < 1.29 is 9.90 Å². The number of rotatable bonds is 4. The lowest BCUT2D eigenvalue weighted by Gasteiger charge is -2.37. The van der Waals surface area contributed by atoms with E-state index in [0.29, 0.717) is 6.54 Å². The molecule has 1 aliphatic heterocycles. The fraction of sp³-hybridized carbons (Fsp3) is 0.350. The maximum Gasteiger partial charge on any atom is 0.308 e. The van der Waals surface area contributed by atoms with E-state index in [1.54, 1.807) is 0 Å². The van der Waals surface area contributed by atoms with E-state index in [9.17, 15) is 9.90 Å². The molecule has 2 atom stereocenters. The zero-order chi connectivity index (χ0) is 16.2.